The van der Waals surface area contributed by atoms with Gasteiger partial charge in [0.2, 0.25) is 0 Å². The molecule has 1 aliphatic rings. The first kappa shape index (κ1) is 14.9. The highest BCUT2D eigenvalue weighted by atomic mass is 32.2. The Balaban J connectivity index is 1.76. The van der Waals surface area contributed by atoms with E-state index in [1.165, 1.54) is 17.5 Å². The van der Waals surface area contributed by atoms with E-state index < -0.39 is 5.91 Å². The van der Waals surface area contributed by atoms with Crippen molar-refractivity contribution in [2.45, 2.75) is 0 Å². The van der Waals surface area contributed by atoms with E-state index in [-0.39, 0.29) is 5.91 Å². The molecule has 5 nitrogen and oxygen atoms in total. The minimum Gasteiger partial charge on any atom is -0.267 e. The molecule has 110 valence electrons. The fraction of sp³-hybridized carbons (Fsp3) is 0. The molecule has 0 aliphatic carbocycles. The number of aromatic nitrogens is 1. The van der Waals surface area contributed by atoms with Crippen molar-refractivity contribution in [1.29, 1.82) is 0 Å². The third kappa shape index (κ3) is 3.08. The maximum Gasteiger partial charge on any atom is 0.285 e. The van der Waals surface area contributed by atoms with Gasteiger partial charge in [-0.05, 0) is 41.9 Å². The van der Waals surface area contributed by atoms with Crippen LogP contribution >= 0.6 is 35.3 Å². The van der Waals surface area contributed by atoms with E-state index in [9.17, 15) is 9.59 Å². The van der Waals surface area contributed by atoms with Gasteiger partial charge in [0.1, 0.15) is 0 Å². The van der Waals surface area contributed by atoms with Crippen molar-refractivity contribution >= 4 is 57.5 Å². The van der Waals surface area contributed by atoms with E-state index in [4.69, 9.17) is 12.2 Å². The number of rotatable bonds is 3. The molecule has 0 saturated carbocycles. The highest BCUT2D eigenvalue weighted by Gasteiger charge is 2.33. The zero-order chi connectivity index (χ0) is 15.5. The van der Waals surface area contributed by atoms with E-state index >= 15 is 0 Å². The van der Waals surface area contributed by atoms with Gasteiger partial charge in [-0.3, -0.25) is 20.0 Å². The van der Waals surface area contributed by atoms with Gasteiger partial charge in [0.15, 0.2) is 4.32 Å². The van der Waals surface area contributed by atoms with E-state index in [1.54, 1.807) is 24.4 Å². The normalized spacial score (nSPS) is 16.4. The summed E-state index contributed by atoms with van der Waals surface area (Å²) in [5.41, 5.74) is 2.87. The zero-order valence-electron chi connectivity index (χ0n) is 11.1. The molecular formula is C14H9N3O2S3. The predicted molar refractivity (Wildman–Crippen MR) is 91.0 cm³/mol. The van der Waals surface area contributed by atoms with Crippen LogP contribution in [0.1, 0.15) is 15.2 Å². The number of pyridine rings is 1. The Morgan fingerprint density at radius 3 is 2.91 bits per heavy atom. The Kier molecular flexibility index (Phi) is 4.32. The first-order chi connectivity index (χ1) is 10.6. The second-order valence-corrected chi connectivity index (χ2v) is 6.87. The van der Waals surface area contributed by atoms with Gasteiger partial charge >= 0.3 is 0 Å². The van der Waals surface area contributed by atoms with Gasteiger partial charge in [-0.25, -0.2) is 0 Å². The molecule has 0 aromatic carbocycles. The Bertz CT molecular complexity index is 757. The van der Waals surface area contributed by atoms with Gasteiger partial charge in [0.05, 0.1) is 10.5 Å². The topological polar surface area (TPSA) is 62.3 Å². The lowest BCUT2D eigenvalue weighted by Gasteiger charge is -2.15. The number of hydrazine groups is 1. The van der Waals surface area contributed by atoms with Crippen LogP contribution < -0.4 is 5.43 Å². The number of nitrogens with one attached hydrogen (secondary N) is 1. The summed E-state index contributed by atoms with van der Waals surface area (Å²) in [4.78, 5) is 29.7. The van der Waals surface area contributed by atoms with Crippen LogP contribution in [0.5, 0.6) is 0 Å². The summed E-state index contributed by atoms with van der Waals surface area (Å²) in [6.45, 7) is 0. The summed E-state index contributed by atoms with van der Waals surface area (Å²) in [6, 6.07) is 7.07. The number of amides is 2. The number of hydrogen-bond acceptors (Lipinski definition) is 6. The van der Waals surface area contributed by atoms with Crippen LogP contribution in [0.25, 0.3) is 6.08 Å². The number of thioether (sulfide) groups is 1. The molecule has 1 saturated heterocycles. The molecule has 3 rings (SSSR count). The Labute approximate surface area is 140 Å². The fourth-order valence-electron chi connectivity index (χ4n) is 1.73. The van der Waals surface area contributed by atoms with Crippen molar-refractivity contribution in [3.63, 3.8) is 0 Å². The van der Waals surface area contributed by atoms with Crippen LogP contribution in [-0.4, -0.2) is 26.1 Å². The highest BCUT2D eigenvalue weighted by Crippen LogP contribution is 2.32. The summed E-state index contributed by atoms with van der Waals surface area (Å²) in [5.74, 6) is -0.762. The Morgan fingerprint density at radius 1 is 1.36 bits per heavy atom. The molecule has 0 atom stereocenters. The third-order valence-electron chi connectivity index (χ3n) is 2.75. The van der Waals surface area contributed by atoms with Crippen molar-refractivity contribution in [1.82, 2.24) is 15.4 Å². The number of carbonyl (C=O) groups excluding carboxylic acids is 2. The summed E-state index contributed by atoms with van der Waals surface area (Å²) in [5, 5.41) is 3.02. The third-order valence-corrected chi connectivity index (χ3v) is 4.87. The summed E-state index contributed by atoms with van der Waals surface area (Å²) >= 11 is 7.85. The molecule has 0 spiro atoms. The maximum absolute atomic E-state index is 12.3. The minimum absolute atomic E-state index is 0.296. The summed E-state index contributed by atoms with van der Waals surface area (Å²) in [6.07, 6.45) is 4.76. The van der Waals surface area contributed by atoms with Crippen LogP contribution in [0.4, 0.5) is 0 Å². The second-order valence-electron chi connectivity index (χ2n) is 4.22. The maximum atomic E-state index is 12.3. The molecular weight excluding hydrogens is 338 g/mol. The smallest absolute Gasteiger partial charge is 0.267 e. The number of nitrogens with zero attached hydrogens (tertiary/aromatic N) is 2. The summed E-state index contributed by atoms with van der Waals surface area (Å²) in [7, 11) is 0. The van der Waals surface area contributed by atoms with Gasteiger partial charge < -0.3 is 0 Å². The number of carbonyl (C=O) groups is 2. The van der Waals surface area contributed by atoms with Crippen LogP contribution in [0.2, 0.25) is 0 Å². The molecule has 2 amide bonds. The molecule has 1 aliphatic heterocycles. The van der Waals surface area contributed by atoms with Gasteiger partial charge in [0, 0.05) is 17.3 Å². The zero-order valence-corrected chi connectivity index (χ0v) is 13.5. The van der Waals surface area contributed by atoms with Gasteiger partial charge in [-0.15, -0.1) is 11.3 Å². The van der Waals surface area contributed by atoms with Crippen LogP contribution in [0, 0.1) is 0 Å². The Hall–Kier alpha value is -2.03. The highest BCUT2D eigenvalue weighted by molar-refractivity contribution is 8.26. The van der Waals surface area contributed by atoms with Crippen molar-refractivity contribution in [3.05, 3.63) is 57.4 Å². The molecule has 8 heteroatoms. The lowest BCUT2D eigenvalue weighted by molar-refractivity contribution is -0.123. The van der Waals surface area contributed by atoms with Crippen LogP contribution in [-0.2, 0) is 4.79 Å². The average Bonchev–Trinajstić information content (AvgIpc) is 3.12. The number of thiocarbonyl (C=S) groups is 1. The minimum atomic E-state index is -0.429. The van der Waals surface area contributed by atoms with E-state index in [0.717, 1.165) is 21.6 Å². The molecule has 0 radical (unpaired) electrons. The quantitative estimate of drug-likeness (QED) is 0.683. The average molecular weight is 347 g/mol. The van der Waals surface area contributed by atoms with Crippen molar-refractivity contribution in [2.75, 3.05) is 0 Å². The van der Waals surface area contributed by atoms with E-state index in [0.29, 0.717) is 14.8 Å². The van der Waals surface area contributed by atoms with Crippen molar-refractivity contribution in [2.24, 2.45) is 0 Å². The monoisotopic (exact) mass is 347 g/mol. The lowest BCUT2D eigenvalue weighted by atomic mass is 10.3. The Morgan fingerprint density at radius 2 is 2.23 bits per heavy atom. The largest absolute Gasteiger partial charge is 0.285 e. The van der Waals surface area contributed by atoms with Gasteiger partial charge in [-0.2, -0.15) is 5.01 Å². The number of hydrogen-bond donors (Lipinski definition) is 1. The summed E-state index contributed by atoms with van der Waals surface area (Å²) < 4.78 is 0.296. The van der Waals surface area contributed by atoms with Gasteiger partial charge in [-0.1, -0.05) is 17.8 Å². The first-order valence-electron chi connectivity index (χ1n) is 6.17. The molecule has 2 aromatic heterocycles. The fourth-order valence-corrected chi connectivity index (χ4v) is 3.63. The van der Waals surface area contributed by atoms with Crippen LogP contribution in [0.3, 0.4) is 0 Å². The molecule has 1 fully saturated rings. The van der Waals surface area contributed by atoms with E-state index in [1.807, 2.05) is 17.5 Å². The van der Waals surface area contributed by atoms with Crippen LogP contribution in [0.15, 0.2) is 46.9 Å². The van der Waals surface area contributed by atoms with Crippen molar-refractivity contribution < 1.29 is 9.59 Å². The molecule has 1 N–H and O–H groups in total. The van der Waals surface area contributed by atoms with Gasteiger partial charge in [0.25, 0.3) is 11.8 Å². The molecule has 0 unspecified atom stereocenters. The molecule has 3 heterocycles. The van der Waals surface area contributed by atoms with Crippen molar-refractivity contribution in [3.8, 4) is 0 Å². The lowest BCUT2D eigenvalue weighted by Crippen LogP contribution is -2.44. The standard InChI is InChI=1S/C14H9N3O2S3/c18-12(9-3-1-5-15-8-9)16-17-13(19)11(22-14(17)20)7-10-4-2-6-21-10/h1-8H,(H,16,18)/b11-7+. The molecule has 0 bridgehead atoms. The van der Waals surface area contributed by atoms with E-state index in [2.05, 4.69) is 10.4 Å². The molecule has 22 heavy (non-hydrogen) atoms. The second kappa shape index (κ2) is 6.39. The SMILES string of the molecule is O=C(NN1C(=O)/C(=C\c2cccs2)SC1=S)c1cccnc1. The molecule has 2 aromatic rings. The first-order valence-corrected chi connectivity index (χ1v) is 8.28. The number of thiophene rings is 1. The predicted octanol–water partition coefficient (Wildman–Crippen LogP) is 2.69.